The second kappa shape index (κ2) is 5.24. The Morgan fingerprint density at radius 2 is 1.53 bits per heavy atom. The Kier molecular flexibility index (Phi) is 3.29. The van der Waals surface area contributed by atoms with Gasteiger partial charge in [0, 0.05) is 6.20 Å². The van der Waals surface area contributed by atoms with Gasteiger partial charge in [0.2, 0.25) is 0 Å². The molecule has 19 heavy (non-hydrogen) atoms. The second-order valence-corrected chi connectivity index (χ2v) is 5.37. The Bertz CT molecular complexity index is 713. The first-order chi connectivity index (χ1) is 9.33. The highest BCUT2D eigenvalue weighted by Gasteiger charge is 2.07. The summed E-state index contributed by atoms with van der Waals surface area (Å²) in [4.78, 5) is 12.0. The summed E-state index contributed by atoms with van der Waals surface area (Å²) in [6, 6.07) is 20.0. The van der Waals surface area contributed by atoms with Crippen LogP contribution in [0.1, 0.15) is 5.56 Å². The number of aromatic nitrogens is 1. The minimum Gasteiger partial charge on any atom is -0.297 e. The van der Waals surface area contributed by atoms with Crippen molar-refractivity contribution in [3.05, 3.63) is 82.0 Å². The Labute approximate surface area is 115 Å². The van der Waals surface area contributed by atoms with Gasteiger partial charge < -0.3 is 0 Å². The first kappa shape index (κ1) is 11.9. The van der Waals surface area contributed by atoms with Crippen molar-refractivity contribution < 1.29 is 0 Å². The van der Waals surface area contributed by atoms with Crippen molar-refractivity contribution in [3.63, 3.8) is 0 Å². The summed E-state index contributed by atoms with van der Waals surface area (Å²) in [5, 5.41) is 0. The third-order valence-electron chi connectivity index (χ3n) is 2.96. The summed E-state index contributed by atoms with van der Waals surface area (Å²) < 4.78 is 2.10. The van der Waals surface area contributed by atoms with E-state index in [-0.39, 0.29) is 4.74 Å². The van der Waals surface area contributed by atoms with Crippen molar-refractivity contribution >= 4 is 11.5 Å². The van der Waals surface area contributed by atoms with Crippen LogP contribution < -0.4 is 4.74 Å². The lowest BCUT2D eigenvalue weighted by molar-refractivity contribution is 0.882. The van der Waals surface area contributed by atoms with Gasteiger partial charge in [-0.2, -0.15) is 0 Å². The first-order valence-corrected chi connectivity index (χ1v) is 6.90. The van der Waals surface area contributed by atoms with Crippen LogP contribution >= 0.6 is 11.5 Å². The van der Waals surface area contributed by atoms with Crippen LogP contribution in [0.15, 0.2) is 71.7 Å². The number of rotatable bonds is 3. The third kappa shape index (κ3) is 2.66. The molecule has 0 aliphatic carbocycles. The van der Waals surface area contributed by atoms with Gasteiger partial charge in [0.1, 0.15) is 0 Å². The van der Waals surface area contributed by atoms with Crippen molar-refractivity contribution in [3.8, 4) is 11.1 Å². The predicted molar refractivity (Wildman–Crippen MR) is 79.6 cm³/mol. The first-order valence-electron chi connectivity index (χ1n) is 6.13. The minimum absolute atomic E-state index is 0.113. The van der Waals surface area contributed by atoms with Gasteiger partial charge in [0.15, 0.2) is 0 Å². The van der Waals surface area contributed by atoms with Crippen LogP contribution in [0.25, 0.3) is 11.1 Å². The van der Waals surface area contributed by atoms with E-state index in [4.69, 9.17) is 0 Å². The van der Waals surface area contributed by atoms with Crippen LogP contribution in [-0.2, 0) is 6.54 Å². The molecule has 0 saturated heterocycles. The molecule has 3 aromatic rings. The van der Waals surface area contributed by atoms with Gasteiger partial charge in [0.25, 0.3) is 4.74 Å². The van der Waals surface area contributed by atoms with Crippen LogP contribution in [0.3, 0.4) is 0 Å². The number of nitrogens with zero attached hydrogens (tertiary/aromatic N) is 1. The van der Waals surface area contributed by atoms with E-state index in [1.54, 1.807) is 0 Å². The molecule has 0 fully saturated rings. The average Bonchev–Trinajstić information content (AvgIpc) is 2.82. The summed E-state index contributed by atoms with van der Waals surface area (Å²) in [6.07, 6.45) is 1.94. The summed E-state index contributed by atoms with van der Waals surface area (Å²) in [5.74, 6) is 0. The molecule has 1 aromatic heterocycles. The second-order valence-electron chi connectivity index (χ2n) is 4.35. The summed E-state index contributed by atoms with van der Waals surface area (Å²) in [7, 11) is 0. The maximum atomic E-state index is 12.0. The van der Waals surface area contributed by atoms with E-state index < -0.39 is 0 Å². The molecule has 3 heteroatoms. The van der Waals surface area contributed by atoms with Crippen molar-refractivity contribution in [1.82, 2.24) is 3.96 Å². The fourth-order valence-corrected chi connectivity index (χ4v) is 2.88. The van der Waals surface area contributed by atoms with E-state index in [1.807, 2.05) is 58.7 Å². The Morgan fingerprint density at radius 1 is 0.895 bits per heavy atom. The van der Waals surface area contributed by atoms with Crippen LogP contribution in [0.2, 0.25) is 0 Å². The lowest BCUT2D eigenvalue weighted by Crippen LogP contribution is -1.94. The quantitative estimate of drug-likeness (QED) is 0.710. The normalized spacial score (nSPS) is 10.5. The average molecular weight is 267 g/mol. The maximum Gasteiger partial charge on any atom is 0.257 e. The molecular weight excluding hydrogens is 254 g/mol. The van der Waals surface area contributed by atoms with Crippen LogP contribution in [-0.4, -0.2) is 3.96 Å². The smallest absolute Gasteiger partial charge is 0.257 e. The highest BCUT2D eigenvalue weighted by Crippen LogP contribution is 2.17. The molecule has 1 heterocycles. The molecule has 0 saturated carbocycles. The zero-order valence-corrected chi connectivity index (χ0v) is 11.1. The molecule has 94 valence electrons. The lowest BCUT2D eigenvalue weighted by Gasteiger charge is -2.00. The number of hydrogen-bond donors (Lipinski definition) is 0. The van der Waals surface area contributed by atoms with Gasteiger partial charge in [-0.3, -0.25) is 8.75 Å². The SMILES string of the molecule is O=c1sn(Cc2ccccc2)cc1-c1ccccc1. The molecular formula is C16H13NOS. The number of hydrogen-bond acceptors (Lipinski definition) is 2. The van der Waals surface area contributed by atoms with E-state index >= 15 is 0 Å². The monoisotopic (exact) mass is 267 g/mol. The fraction of sp³-hybridized carbons (Fsp3) is 0.0625. The van der Waals surface area contributed by atoms with Gasteiger partial charge in [-0.25, -0.2) is 0 Å². The predicted octanol–water partition coefficient (Wildman–Crippen LogP) is 3.63. The highest BCUT2D eigenvalue weighted by molar-refractivity contribution is 7.04. The Hall–Kier alpha value is -2.13. The highest BCUT2D eigenvalue weighted by atomic mass is 32.1. The standard InChI is InChI=1S/C16H13NOS/c18-16-15(14-9-5-2-6-10-14)12-17(19-16)11-13-7-3-1-4-8-13/h1-10,12H,11H2. The lowest BCUT2D eigenvalue weighted by atomic mass is 10.1. The molecule has 0 bridgehead atoms. The summed E-state index contributed by atoms with van der Waals surface area (Å²) in [6.45, 7) is 0.744. The van der Waals surface area contributed by atoms with Gasteiger partial charge in [0.05, 0.1) is 12.1 Å². The van der Waals surface area contributed by atoms with Gasteiger partial charge in [-0.15, -0.1) is 0 Å². The summed E-state index contributed by atoms with van der Waals surface area (Å²) in [5.41, 5.74) is 2.96. The molecule has 0 unspecified atom stereocenters. The van der Waals surface area contributed by atoms with Crippen molar-refractivity contribution in [2.45, 2.75) is 6.54 Å². The van der Waals surface area contributed by atoms with E-state index in [0.717, 1.165) is 17.7 Å². The molecule has 0 atom stereocenters. The zero-order valence-electron chi connectivity index (χ0n) is 10.3. The molecule has 0 radical (unpaired) electrons. The van der Waals surface area contributed by atoms with E-state index in [1.165, 1.54) is 17.1 Å². The summed E-state index contributed by atoms with van der Waals surface area (Å²) >= 11 is 1.27. The van der Waals surface area contributed by atoms with E-state index in [9.17, 15) is 4.79 Å². The molecule has 3 rings (SSSR count). The minimum atomic E-state index is 0.113. The van der Waals surface area contributed by atoms with Gasteiger partial charge >= 0.3 is 0 Å². The Balaban J connectivity index is 1.92. The largest absolute Gasteiger partial charge is 0.297 e. The molecule has 2 aromatic carbocycles. The number of benzene rings is 2. The van der Waals surface area contributed by atoms with Crippen LogP contribution in [0.4, 0.5) is 0 Å². The van der Waals surface area contributed by atoms with Gasteiger partial charge in [-0.1, -0.05) is 60.7 Å². The van der Waals surface area contributed by atoms with Crippen LogP contribution in [0.5, 0.6) is 0 Å². The molecule has 0 amide bonds. The maximum absolute atomic E-state index is 12.0. The fourth-order valence-electron chi connectivity index (χ4n) is 2.03. The molecule has 0 aliphatic rings. The molecule has 0 spiro atoms. The van der Waals surface area contributed by atoms with Crippen molar-refractivity contribution in [2.75, 3.05) is 0 Å². The molecule has 0 N–H and O–H groups in total. The Morgan fingerprint density at radius 3 is 2.21 bits per heavy atom. The van der Waals surface area contributed by atoms with E-state index in [0.29, 0.717) is 0 Å². The van der Waals surface area contributed by atoms with Crippen LogP contribution in [0, 0.1) is 0 Å². The third-order valence-corrected chi connectivity index (χ3v) is 3.81. The zero-order chi connectivity index (χ0) is 13.1. The van der Waals surface area contributed by atoms with Gasteiger partial charge in [-0.05, 0) is 22.7 Å². The van der Waals surface area contributed by atoms with E-state index in [2.05, 4.69) is 12.1 Å². The molecule has 0 aliphatic heterocycles. The topological polar surface area (TPSA) is 22.0 Å². The van der Waals surface area contributed by atoms with Crippen molar-refractivity contribution in [2.24, 2.45) is 0 Å². The molecule has 2 nitrogen and oxygen atoms in total. The van der Waals surface area contributed by atoms with Crippen molar-refractivity contribution in [1.29, 1.82) is 0 Å².